The average molecular weight is 290 g/mol. The molecule has 0 aromatic heterocycles. The number of amides is 1. The van der Waals surface area contributed by atoms with Gasteiger partial charge in [0.1, 0.15) is 0 Å². The topological polar surface area (TPSA) is 32.3 Å². The molecule has 1 aromatic carbocycles. The minimum absolute atomic E-state index is 0.326. The number of anilines is 1. The normalized spacial score (nSPS) is 25.1. The molecule has 1 aromatic rings. The van der Waals surface area contributed by atoms with E-state index in [-0.39, 0.29) is 0 Å². The Hall–Kier alpha value is -1.16. The van der Waals surface area contributed by atoms with Crippen LogP contribution in [0.3, 0.4) is 0 Å². The molecule has 1 N–H and O–H groups in total. The number of nitrogens with one attached hydrogen (secondary N) is 1. The van der Waals surface area contributed by atoms with E-state index < -0.39 is 0 Å². The molecule has 0 saturated carbocycles. The Balaban J connectivity index is 1.62. The SMILES string of the molecule is CCC1CN(C(=O)CC2CNc3ccccc32)CCS1. The maximum atomic E-state index is 12.5. The van der Waals surface area contributed by atoms with Gasteiger partial charge >= 0.3 is 0 Å². The summed E-state index contributed by atoms with van der Waals surface area (Å²) >= 11 is 2.01. The Morgan fingerprint density at radius 2 is 2.30 bits per heavy atom. The lowest BCUT2D eigenvalue weighted by Crippen LogP contribution is -2.42. The molecule has 4 heteroatoms. The van der Waals surface area contributed by atoms with Gasteiger partial charge in [0.15, 0.2) is 0 Å². The third-order valence-corrected chi connectivity index (χ3v) is 5.68. The van der Waals surface area contributed by atoms with Crippen molar-refractivity contribution in [2.75, 3.05) is 30.7 Å². The van der Waals surface area contributed by atoms with Crippen LogP contribution in [0.2, 0.25) is 0 Å². The van der Waals surface area contributed by atoms with Gasteiger partial charge in [0.2, 0.25) is 5.91 Å². The van der Waals surface area contributed by atoms with Crippen LogP contribution in [-0.2, 0) is 4.79 Å². The van der Waals surface area contributed by atoms with Crippen molar-refractivity contribution in [3.05, 3.63) is 29.8 Å². The van der Waals surface area contributed by atoms with Gasteiger partial charge in [-0.25, -0.2) is 0 Å². The van der Waals surface area contributed by atoms with Crippen LogP contribution in [0.25, 0.3) is 0 Å². The zero-order valence-electron chi connectivity index (χ0n) is 12.0. The summed E-state index contributed by atoms with van der Waals surface area (Å²) in [7, 11) is 0. The number of nitrogens with zero attached hydrogens (tertiary/aromatic N) is 1. The van der Waals surface area contributed by atoms with Crippen molar-refractivity contribution < 1.29 is 4.79 Å². The molecule has 1 amide bonds. The second-order valence-corrected chi connectivity index (χ2v) is 7.02. The van der Waals surface area contributed by atoms with Crippen LogP contribution < -0.4 is 5.32 Å². The molecule has 2 atom stereocenters. The molecular formula is C16H22N2OS. The summed E-state index contributed by atoms with van der Waals surface area (Å²) in [4.78, 5) is 14.6. The number of fused-ring (bicyclic) bond motifs is 1. The molecule has 3 rings (SSSR count). The van der Waals surface area contributed by atoms with Gasteiger partial charge in [-0.05, 0) is 18.1 Å². The zero-order chi connectivity index (χ0) is 13.9. The summed E-state index contributed by atoms with van der Waals surface area (Å²) < 4.78 is 0. The van der Waals surface area contributed by atoms with Crippen LogP contribution in [0.1, 0.15) is 31.2 Å². The fraction of sp³-hybridized carbons (Fsp3) is 0.562. The van der Waals surface area contributed by atoms with Gasteiger partial charge in [-0.1, -0.05) is 25.1 Å². The van der Waals surface area contributed by atoms with Crippen LogP contribution in [0.15, 0.2) is 24.3 Å². The molecule has 108 valence electrons. The van der Waals surface area contributed by atoms with E-state index in [0.29, 0.717) is 23.5 Å². The first-order valence-electron chi connectivity index (χ1n) is 7.50. The van der Waals surface area contributed by atoms with Gasteiger partial charge in [0.05, 0.1) is 0 Å². The van der Waals surface area contributed by atoms with Crippen molar-refractivity contribution in [3.63, 3.8) is 0 Å². The first kappa shape index (κ1) is 13.8. The highest BCUT2D eigenvalue weighted by atomic mass is 32.2. The quantitative estimate of drug-likeness (QED) is 0.929. The largest absolute Gasteiger partial charge is 0.384 e. The number of thioether (sulfide) groups is 1. The van der Waals surface area contributed by atoms with Gasteiger partial charge < -0.3 is 10.2 Å². The lowest BCUT2D eigenvalue weighted by atomic mass is 9.97. The molecular weight excluding hydrogens is 268 g/mol. The first-order chi connectivity index (χ1) is 9.78. The van der Waals surface area contributed by atoms with Crippen molar-refractivity contribution >= 4 is 23.4 Å². The molecule has 3 nitrogen and oxygen atoms in total. The summed E-state index contributed by atoms with van der Waals surface area (Å²) in [6, 6.07) is 8.36. The summed E-state index contributed by atoms with van der Waals surface area (Å²) in [5.41, 5.74) is 2.50. The van der Waals surface area contributed by atoms with E-state index in [4.69, 9.17) is 0 Å². The van der Waals surface area contributed by atoms with E-state index in [1.165, 1.54) is 11.3 Å². The van der Waals surface area contributed by atoms with Crippen LogP contribution >= 0.6 is 11.8 Å². The third-order valence-electron chi connectivity index (χ3n) is 4.31. The van der Waals surface area contributed by atoms with E-state index in [1.807, 2.05) is 17.8 Å². The number of hydrogen-bond acceptors (Lipinski definition) is 3. The molecule has 0 radical (unpaired) electrons. The van der Waals surface area contributed by atoms with Gasteiger partial charge in [-0.3, -0.25) is 4.79 Å². The Labute approximate surface area is 125 Å². The lowest BCUT2D eigenvalue weighted by Gasteiger charge is -2.32. The zero-order valence-corrected chi connectivity index (χ0v) is 12.8. The number of carbonyl (C=O) groups is 1. The van der Waals surface area contributed by atoms with Crippen LogP contribution in [0, 0.1) is 0 Å². The van der Waals surface area contributed by atoms with Gasteiger partial charge in [0, 0.05) is 48.7 Å². The molecule has 2 aliphatic rings. The molecule has 0 bridgehead atoms. The van der Waals surface area contributed by atoms with Gasteiger partial charge in [0.25, 0.3) is 0 Å². The van der Waals surface area contributed by atoms with Crippen LogP contribution in [0.4, 0.5) is 5.69 Å². The number of para-hydroxylation sites is 1. The fourth-order valence-corrected chi connectivity index (χ4v) is 4.25. The molecule has 1 saturated heterocycles. The predicted molar refractivity (Wildman–Crippen MR) is 85.4 cm³/mol. The molecule has 2 unspecified atom stereocenters. The minimum Gasteiger partial charge on any atom is -0.384 e. The number of rotatable bonds is 3. The highest BCUT2D eigenvalue weighted by Crippen LogP contribution is 2.34. The smallest absolute Gasteiger partial charge is 0.223 e. The average Bonchev–Trinajstić information content (AvgIpc) is 2.90. The Morgan fingerprint density at radius 3 is 3.15 bits per heavy atom. The monoisotopic (exact) mass is 290 g/mol. The van der Waals surface area contributed by atoms with Crippen molar-refractivity contribution in [1.82, 2.24) is 4.90 Å². The van der Waals surface area contributed by atoms with E-state index in [2.05, 4.69) is 35.3 Å². The van der Waals surface area contributed by atoms with Crippen molar-refractivity contribution in [2.45, 2.75) is 30.9 Å². The summed E-state index contributed by atoms with van der Waals surface area (Å²) in [6.07, 6.45) is 1.80. The summed E-state index contributed by atoms with van der Waals surface area (Å²) in [5.74, 6) is 1.75. The van der Waals surface area contributed by atoms with E-state index >= 15 is 0 Å². The second-order valence-electron chi connectivity index (χ2n) is 5.61. The third kappa shape index (κ3) is 2.80. The Bertz CT molecular complexity index is 491. The number of hydrogen-bond donors (Lipinski definition) is 1. The number of carbonyl (C=O) groups excluding carboxylic acids is 1. The predicted octanol–water partition coefficient (Wildman–Crippen LogP) is 2.94. The molecule has 1 fully saturated rings. The minimum atomic E-state index is 0.326. The standard InChI is InChI=1S/C16H22N2OS/c1-2-13-11-18(7-8-20-13)16(19)9-12-10-17-15-6-4-3-5-14(12)15/h3-6,12-13,17H,2,7-11H2,1H3. The fourth-order valence-electron chi connectivity index (χ4n) is 3.07. The van der Waals surface area contributed by atoms with E-state index in [9.17, 15) is 4.79 Å². The molecule has 2 aliphatic heterocycles. The van der Waals surface area contributed by atoms with Crippen molar-refractivity contribution in [1.29, 1.82) is 0 Å². The maximum absolute atomic E-state index is 12.5. The van der Waals surface area contributed by atoms with Crippen molar-refractivity contribution in [3.8, 4) is 0 Å². The molecule has 0 aliphatic carbocycles. The first-order valence-corrected chi connectivity index (χ1v) is 8.55. The highest BCUT2D eigenvalue weighted by molar-refractivity contribution is 8.00. The molecule has 2 heterocycles. The summed E-state index contributed by atoms with van der Waals surface area (Å²) in [6.45, 7) is 4.96. The van der Waals surface area contributed by atoms with Gasteiger partial charge in [-0.15, -0.1) is 0 Å². The molecule has 0 spiro atoms. The van der Waals surface area contributed by atoms with Crippen molar-refractivity contribution in [2.24, 2.45) is 0 Å². The summed E-state index contributed by atoms with van der Waals surface area (Å²) in [5, 5.41) is 4.03. The Morgan fingerprint density at radius 1 is 1.45 bits per heavy atom. The van der Waals surface area contributed by atoms with Crippen LogP contribution in [0.5, 0.6) is 0 Å². The number of benzene rings is 1. The van der Waals surface area contributed by atoms with Gasteiger partial charge in [-0.2, -0.15) is 11.8 Å². The Kier molecular flexibility index (Phi) is 4.20. The highest BCUT2D eigenvalue weighted by Gasteiger charge is 2.28. The second kappa shape index (κ2) is 6.08. The van der Waals surface area contributed by atoms with Crippen LogP contribution in [-0.4, -0.2) is 41.4 Å². The molecule has 20 heavy (non-hydrogen) atoms. The van der Waals surface area contributed by atoms with E-state index in [0.717, 1.165) is 31.8 Å². The van der Waals surface area contributed by atoms with E-state index in [1.54, 1.807) is 0 Å². The maximum Gasteiger partial charge on any atom is 0.223 e. The lowest BCUT2D eigenvalue weighted by molar-refractivity contribution is -0.131.